The van der Waals surface area contributed by atoms with Gasteiger partial charge in [-0.3, -0.25) is 9.88 Å². The van der Waals surface area contributed by atoms with Crippen LogP contribution in [-0.4, -0.2) is 54.4 Å². The van der Waals surface area contributed by atoms with E-state index in [0.29, 0.717) is 28.9 Å². The molecule has 2 atom stereocenters. The van der Waals surface area contributed by atoms with Crippen LogP contribution in [0.4, 0.5) is 5.69 Å². The van der Waals surface area contributed by atoms with Gasteiger partial charge in [-0.25, -0.2) is 0 Å². The summed E-state index contributed by atoms with van der Waals surface area (Å²) in [5.74, 6) is 0.584. The van der Waals surface area contributed by atoms with Gasteiger partial charge in [0.25, 0.3) is 0 Å². The second-order valence-corrected chi connectivity index (χ2v) is 9.28. The Hall–Kier alpha value is -2.35. The molecule has 1 saturated heterocycles. The summed E-state index contributed by atoms with van der Waals surface area (Å²) in [6, 6.07) is 17.2. The van der Waals surface area contributed by atoms with E-state index in [-0.39, 0.29) is 19.3 Å². The molecule has 0 saturated carbocycles. The quantitative estimate of drug-likeness (QED) is 0.503. The van der Waals surface area contributed by atoms with Gasteiger partial charge in [0.15, 0.2) is 0 Å². The van der Waals surface area contributed by atoms with Gasteiger partial charge in [-0.1, -0.05) is 41.4 Å². The zero-order valence-corrected chi connectivity index (χ0v) is 20.5. The number of benzene rings is 2. The van der Waals surface area contributed by atoms with Gasteiger partial charge in [0.1, 0.15) is 5.75 Å². The normalized spacial score (nSPS) is 17.6. The molecule has 6 nitrogen and oxygen atoms in total. The van der Waals surface area contributed by atoms with Gasteiger partial charge in [0, 0.05) is 54.7 Å². The highest BCUT2D eigenvalue weighted by Gasteiger charge is 2.31. The van der Waals surface area contributed by atoms with Crippen LogP contribution in [0, 0.1) is 6.92 Å². The average molecular weight is 501 g/mol. The zero-order valence-electron chi connectivity index (χ0n) is 19.0. The van der Waals surface area contributed by atoms with Crippen LogP contribution in [-0.2, 0) is 0 Å². The van der Waals surface area contributed by atoms with Crippen LogP contribution in [0.25, 0.3) is 0 Å². The van der Waals surface area contributed by atoms with Crippen molar-refractivity contribution in [2.24, 2.45) is 0 Å². The number of hydrogen-bond acceptors (Lipinski definition) is 6. The highest BCUT2D eigenvalue weighted by Crippen LogP contribution is 2.37. The van der Waals surface area contributed by atoms with E-state index in [2.05, 4.69) is 14.8 Å². The summed E-state index contributed by atoms with van der Waals surface area (Å²) in [7, 11) is 0. The number of piperazine rings is 1. The number of aromatic nitrogens is 1. The van der Waals surface area contributed by atoms with E-state index in [9.17, 15) is 10.2 Å². The lowest BCUT2D eigenvalue weighted by Crippen LogP contribution is -2.49. The molecule has 0 radical (unpaired) electrons. The fourth-order valence-corrected chi connectivity index (χ4v) is 4.67. The minimum Gasteiger partial charge on any atom is -0.852 e. The number of β-amino-alcohol motifs (C(OH)–C–C–N with tert-alkyl or cyclic N) is 1. The fourth-order valence-electron chi connectivity index (χ4n) is 4.26. The molecular weight excluding hydrogens is 473 g/mol. The lowest BCUT2D eigenvalue weighted by Gasteiger charge is -2.44. The molecule has 1 aromatic heterocycles. The van der Waals surface area contributed by atoms with E-state index in [0.717, 1.165) is 35.6 Å². The van der Waals surface area contributed by atoms with Gasteiger partial charge in [-0.15, -0.1) is 6.61 Å². The highest BCUT2D eigenvalue weighted by atomic mass is 35.5. The predicted molar refractivity (Wildman–Crippen MR) is 134 cm³/mol. The topological polar surface area (TPSA) is 71.9 Å². The first kappa shape index (κ1) is 24.8. The first-order valence-corrected chi connectivity index (χ1v) is 12.1. The maximum absolute atomic E-state index is 10.8. The molecule has 0 bridgehead atoms. The van der Waals surface area contributed by atoms with Crippen LogP contribution >= 0.6 is 23.2 Å². The molecule has 180 valence electrons. The third-order valence-electron chi connectivity index (χ3n) is 6.05. The summed E-state index contributed by atoms with van der Waals surface area (Å²) in [5, 5.41) is 22.8. The molecule has 1 N–H and O–H groups in total. The summed E-state index contributed by atoms with van der Waals surface area (Å²) in [5.41, 5.74) is 3.75. The Bertz CT molecular complexity index is 1080. The first-order valence-electron chi connectivity index (χ1n) is 11.3. The molecule has 4 rings (SSSR count). The van der Waals surface area contributed by atoms with Crippen molar-refractivity contribution in [1.29, 1.82) is 0 Å². The molecular formula is C26H28Cl2N3O3-. The fraction of sp³-hybridized carbons (Fsp3) is 0.346. The Kier molecular flexibility index (Phi) is 8.29. The van der Waals surface area contributed by atoms with E-state index >= 15 is 0 Å². The molecule has 8 heteroatoms. The van der Waals surface area contributed by atoms with Crippen LogP contribution in [0.15, 0.2) is 60.8 Å². The van der Waals surface area contributed by atoms with Crippen LogP contribution in [0.3, 0.4) is 0 Å². The summed E-state index contributed by atoms with van der Waals surface area (Å²) < 4.78 is 5.44. The van der Waals surface area contributed by atoms with Gasteiger partial charge in [-0.2, -0.15) is 0 Å². The summed E-state index contributed by atoms with van der Waals surface area (Å²) in [6.07, 6.45) is 1.12. The largest absolute Gasteiger partial charge is 0.852 e. The van der Waals surface area contributed by atoms with Gasteiger partial charge < -0.3 is 19.8 Å². The van der Waals surface area contributed by atoms with Crippen LogP contribution in [0.2, 0.25) is 10.0 Å². The second kappa shape index (κ2) is 11.4. The molecule has 2 aromatic carbocycles. The van der Waals surface area contributed by atoms with E-state index < -0.39 is 6.10 Å². The van der Waals surface area contributed by atoms with Gasteiger partial charge in [0.2, 0.25) is 0 Å². The number of ether oxygens (including phenoxy) is 1. The molecule has 1 fully saturated rings. The Morgan fingerprint density at radius 3 is 2.59 bits per heavy atom. The summed E-state index contributed by atoms with van der Waals surface area (Å²) in [6.45, 7) is 4.46. The van der Waals surface area contributed by atoms with Crippen molar-refractivity contribution in [3.8, 4) is 5.75 Å². The highest BCUT2D eigenvalue weighted by molar-refractivity contribution is 6.33. The van der Waals surface area contributed by atoms with E-state index in [1.165, 1.54) is 0 Å². The molecule has 0 spiro atoms. The molecule has 34 heavy (non-hydrogen) atoms. The van der Waals surface area contributed by atoms with Crippen molar-refractivity contribution in [1.82, 2.24) is 9.88 Å². The Morgan fingerprint density at radius 2 is 1.91 bits per heavy atom. The second-order valence-electron chi connectivity index (χ2n) is 8.43. The van der Waals surface area contributed by atoms with Crippen molar-refractivity contribution >= 4 is 28.9 Å². The van der Waals surface area contributed by atoms with Crippen LogP contribution < -0.4 is 14.7 Å². The number of pyridine rings is 1. The average Bonchev–Trinajstić information content (AvgIpc) is 2.84. The molecule has 1 aliphatic rings. The third kappa shape index (κ3) is 6.01. The lowest BCUT2D eigenvalue weighted by molar-refractivity contribution is -0.370. The first-order chi connectivity index (χ1) is 16.4. The van der Waals surface area contributed by atoms with Crippen molar-refractivity contribution in [3.63, 3.8) is 0 Å². The van der Waals surface area contributed by atoms with Crippen LogP contribution in [0.1, 0.15) is 29.0 Å². The predicted octanol–water partition coefficient (Wildman–Crippen LogP) is 4.03. The number of aliphatic hydroxyl groups excluding tert-OH is 1. The van der Waals surface area contributed by atoms with Gasteiger partial charge in [-0.05, 0) is 42.8 Å². The Morgan fingerprint density at radius 1 is 1.12 bits per heavy atom. The van der Waals surface area contributed by atoms with E-state index in [1.807, 2.05) is 55.5 Å². The SMILES string of the molecule is Cc1ccc([C@H](O)CN2CCN(c3ccc(OCC[O-])cc3Cl)[C@H](c3ccc(Cl)cc3)C2)cn1. The van der Waals surface area contributed by atoms with Gasteiger partial charge >= 0.3 is 0 Å². The number of halogens is 2. The van der Waals surface area contributed by atoms with Crippen molar-refractivity contribution in [3.05, 3.63) is 87.7 Å². The number of aryl methyl sites for hydroxylation is 1. The lowest BCUT2D eigenvalue weighted by atomic mass is 10.0. The number of hydrogen-bond donors (Lipinski definition) is 1. The molecule has 0 amide bonds. The monoisotopic (exact) mass is 500 g/mol. The number of rotatable bonds is 8. The molecule has 2 heterocycles. The number of aliphatic hydroxyl groups is 1. The Labute approximate surface area is 210 Å². The molecule has 0 aliphatic carbocycles. The molecule has 0 unspecified atom stereocenters. The van der Waals surface area contributed by atoms with E-state index in [4.69, 9.17) is 27.9 Å². The molecule has 1 aliphatic heterocycles. The smallest absolute Gasteiger partial charge is 0.120 e. The molecule has 3 aromatic rings. The number of nitrogens with zero attached hydrogens (tertiary/aromatic N) is 3. The van der Waals surface area contributed by atoms with Crippen molar-refractivity contribution in [2.75, 3.05) is 44.3 Å². The van der Waals surface area contributed by atoms with E-state index in [1.54, 1.807) is 12.3 Å². The Balaban J connectivity index is 1.55. The standard InChI is InChI=1S/C26H28Cl2N3O3/c1-18-2-3-20(15-29-18)26(33)17-30-10-11-31(25(16-30)19-4-6-21(27)7-5-19)24-9-8-22(14-23(24)28)34-13-12-32/h2-9,14-15,25-26,33H,10-13,16-17H2,1H3/q-1/t25-,26+/m0/s1. The summed E-state index contributed by atoms with van der Waals surface area (Å²) in [4.78, 5) is 8.85. The minimum absolute atomic E-state index is 0.0141. The summed E-state index contributed by atoms with van der Waals surface area (Å²) >= 11 is 12.8. The van der Waals surface area contributed by atoms with Crippen molar-refractivity contribution in [2.45, 2.75) is 19.1 Å². The zero-order chi connectivity index (χ0) is 24.1. The van der Waals surface area contributed by atoms with Crippen molar-refractivity contribution < 1.29 is 14.9 Å². The van der Waals surface area contributed by atoms with Gasteiger partial charge in [0.05, 0.1) is 29.5 Å². The third-order valence-corrected chi connectivity index (χ3v) is 6.60. The number of anilines is 1. The maximum Gasteiger partial charge on any atom is 0.120 e. The minimum atomic E-state index is -0.619. The maximum atomic E-state index is 10.8. The van der Waals surface area contributed by atoms with Crippen LogP contribution in [0.5, 0.6) is 5.75 Å².